The number of aliphatic imine (C=N–C) groups is 1. The number of benzene rings is 1. The van der Waals surface area contributed by atoms with Gasteiger partial charge < -0.3 is 25.5 Å². The van der Waals surface area contributed by atoms with Gasteiger partial charge in [-0.3, -0.25) is 9.69 Å². The Labute approximate surface area is 203 Å². The number of nitrogens with one attached hydrogen (secondary N) is 2. The first-order valence-corrected chi connectivity index (χ1v) is 11.7. The molecule has 1 atom stereocenters. The van der Waals surface area contributed by atoms with Crippen molar-refractivity contribution in [3.05, 3.63) is 51.7 Å². The number of hydrogen-bond acceptors (Lipinski definition) is 7. The van der Waals surface area contributed by atoms with Crippen molar-refractivity contribution >= 4 is 28.9 Å². The number of nitrogens with zero attached hydrogens (tertiary/aromatic N) is 3. The maximum Gasteiger partial charge on any atom is 0.258 e. The van der Waals surface area contributed by atoms with Gasteiger partial charge >= 0.3 is 0 Å². The van der Waals surface area contributed by atoms with Gasteiger partial charge in [0.25, 0.3) is 5.91 Å². The second-order valence-corrected chi connectivity index (χ2v) is 9.15. The summed E-state index contributed by atoms with van der Waals surface area (Å²) in [5.41, 5.74) is 2.57. The summed E-state index contributed by atoms with van der Waals surface area (Å²) in [7, 11) is 0. The fraction of sp³-hybridized carbons (Fsp3) is 0.458. The number of hydrogen-bond donors (Lipinski definition) is 3. The molecular weight excluding hydrogens is 461 g/mol. The number of halogens is 2. The van der Waals surface area contributed by atoms with Gasteiger partial charge in [-0.05, 0) is 38.8 Å². The molecule has 1 aromatic rings. The predicted octanol–water partition coefficient (Wildman–Crippen LogP) is 2.88. The minimum Gasteiger partial charge on any atom is -0.488 e. The van der Waals surface area contributed by atoms with Gasteiger partial charge in [0.1, 0.15) is 23.5 Å². The molecule has 4 rings (SSSR count). The van der Waals surface area contributed by atoms with Crippen molar-refractivity contribution in [2.24, 2.45) is 4.99 Å². The number of carbonyl (C=O) groups is 1. The molecule has 10 heteroatoms. The number of likely N-dealkylation sites (tertiary alicyclic amines) is 2. The molecule has 182 valence electrons. The van der Waals surface area contributed by atoms with Gasteiger partial charge in [-0.25, -0.2) is 9.38 Å². The number of aliphatic hydroxyl groups excluding tert-OH is 1. The summed E-state index contributed by atoms with van der Waals surface area (Å²) in [5.74, 6) is -0.0765. The molecule has 3 aliphatic heterocycles. The van der Waals surface area contributed by atoms with E-state index in [1.54, 1.807) is 6.92 Å². The van der Waals surface area contributed by atoms with E-state index in [2.05, 4.69) is 15.2 Å². The summed E-state index contributed by atoms with van der Waals surface area (Å²) in [6.45, 7) is 6.35. The van der Waals surface area contributed by atoms with Crippen molar-refractivity contribution in [2.75, 3.05) is 39.3 Å². The summed E-state index contributed by atoms with van der Waals surface area (Å²) in [6, 6.07) is 3.93. The van der Waals surface area contributed by atoms with E-state index in [1.165, 1.54) is 23.1 Å². The van der Waals surface area contributed by atoms with Crippen molar-refractivity contribution in [1.29, 1.82) is 5.41 Å². The van der Waals surface area contributed by atoms with Gasteiger partial charge in [-0.1, -0.05) is 11.6 Å². The number of rotatable bonds is 6. The molecule has 1 aromatic carbocycles. The lowest BCUT2D eigenvalue weighted by atomic mass is 10.1. The lowest BCUT2D eigenvalue weighted by Crippen LogP contribution is -2.30. The third-order valence-corrected chi connectivity index (χ3v) is 6.75. The minimum atomic E-state index is -0.478. The maximum absolute atomic E-state index is 14.1. The first kappa shape index (κ1) is 24.4. The number of ether oxygens (including phenoxy) is 1. The van der Waals surface area contributed by atoms with Crippen molar-refractivity contribution < 1.29 is 19.0 Å². The van der Waals surface area contributed by atoms with E-state index < -0.39 is 5.82 Å². The third kappa shape index (κ3) is 5.16. The van der Waals surface area contributed by atoms with Crippen molar-refractivity contribution in [2.45, 2.75) is 32.8 Å². The number of amides is 1. The predicted molar refractivity (Wildman–Crippen MR) is 129 cm³/mol. The highest BCUT2D eigenvalue weighted by atomic mass is 35.5. The van der Waals surface area contributed by atoms with E-state index in [-0.39, 0.29) is 48.7 Å². The minimum absolute atomic E-state index is 0.125. The molecule has 1 unspecified atom stereocenters. The molecule has 3 N–H and O–H groups in total. The van der Waals surface area contributed by atoms with Gasteiger partial charge in [-0.15, -0.1) is 0 Å². The Morgan fingerprint density at radius 1 is 1.38 bits per heavy atom. The second kappa shape index (κ2) is 10.2. The van der Waals surface area contributed by atoms with Crippen LogP contribution < -0.4 is 10.1 Å². The summed E-state index contributed by atoms with van der Waals surface area (Å²) in [5, 5.41) is 21.1. The average molecular weight is 490 g/mol. The van der Waals surface area contributed by atoms with Crippen LogP contribution in [-0.2, 0) is 0 Å². The molecule has 34 heavy (non-hydrogen) atoms. The maximum atomic E-state index is 14.1. The standard InChI is InChI=1S/C24H29ClFN5O3/c1-14-22(25)15(2)29-23(28-14)19-12-31(13-20(19)27)24(33)18-5-4-16(26)10-21(18)34-17-6-8-30(11-17)7-3-9-32/h4-5,10,17,27-28,32H,3,6-9,11-13H2,1-2H3/b23-19+,27-20?. The van der Waals surface area contributed by atoms with Gasteiger partial charge in [0.15, 0.2) is 0 Å². The third-order valence-electron chi connectivity index (χ3n) is 6.20. The molecule has 1 amide bonds. The Morgan fingerprint density at radius 3 is 2.91 bits per heavy atom. The molecule has 0 aromatic heterocycles. The Bertz CT molecular complexity index is 1100. The van der Waals surface area contributed by atoms with Crippen LogP contribution in [0.5, 0.6) is 5.75 Å². The van der Waals surface area contributed by atoms with Crippen molar-refractivity contribution in [1.82, 2.24) is 15.1 Å². The molecule has 2 saturated heterocycles. The first-order valence-electron chi connectivity index (χ1n) is 11.4. The molecule has 0 spiro atoms. The Morgan fingerprint density at radius 2 is 2.18 bits per heavy atom. The fourth-order valence-corrected chi connectivity index (χ4v) is 4.48. The van der Waals surface area contributed by atoms with Crippen LogP contribution in [0.2, 0.25) is 0 Å². The zero-order chi connectivity index (χ0) is 24.4. The second-order valence-electron chi connectivity index (χ2n) is 8.77. The summed E-state index contributed by atoms with van der Waals surface area (Å²) in [4.78, 5) is 21.6. The first-order chi connectivity index (χ1) is 16.3. The van der Waals surface area contributed by atoms with Gasteiger partial charge in [0.05, 0.1) is 35.1 Å². The monoisotopic (exact) mass is 489 g/mol. The molecule has 0 radical (unpaired) electrons. The van der Waals surface area contributed by atoms with Crippen LogP contribution in [0.3, 0.4) is 0 Å². The Kier molecular flexibility index (Phi) is 7.35. The summed E-state index contributed by atoms with van der Waals surface area (Å²) >= 11 is 6.21. The normalized spacial score (nSPS) is 23.4. The Hall–Kier alpha value is -2.75. The topological polar surface area (TPSA) is 101 Å². The van der Waals surface area contributed by atoms with Gasteiger partial charge in [0, 0.05) is 43.6 Å². The van der Waals surface area contributed by atoms with Crippen LogP contribution in [0.1, 0.15) is 37.0 Å². The Balaban J connectivity index is 1.51. The van der Waals surface area contributed by atoms with E-state index >= 15 is 0 Å². The van der Waals surface area contributed by atoms with Gasteiger partial charge in [0.2, 0.25) is 0 Å². The molecule has 3 aliphatic rings. The highest BCUT2D eigenvalue weighted by Crippen LogP contribution is 2.28. The fourth-order valence-electron chi connectivity index (χ4n) is 4.39. The van der Waals surface area contributed by atoms with Crippen LogP contribution in [0.4, 0.5) is 4.39 Å². The highest BCUT2D eigenvalue weighted by Gasteiger charge is 2.33. The van der Waals surface area contributed by atoms with Crippen LogP contribution in [0.25, 0.3) is 0 Å². The average Bonchev–Trinajstić information content (AvgIpc) is 3.41. The van der Waals surface area contributed by atoms with Crippen LogP contribution in [0, 0.1) is 11.2 Å². The van der Waals surface area contributed by atoms with Crippen LogP contribution in [0.15, 0.2) is 45.3 Å². The lowest BCUT2D eigenvalue weighted by molar-refractivity contribution is 0.0796. The largest absolute Gasteiger partial charge is 0.488 e. The molecular formula is C24H29ClFN5O3. The van der Waals surface area contributed by atoms with Crippen molar-refractivity contribution in [3.8, 4) is 5.75 Å². The van der Waals surface area contributed by atoms with Crippen LogP contribution in [-0.4, -0.2) is 77.7 Å². The molecule has 3 heterocycles. The smallest absolute Gasteiger partial charge is 0.258 e. The van der Waals surface area contributed by atoms with Gasteiger partial charge in [-0.2, -0.15) is 0 Å². The van der Waals surface area contributed by atoms with E-state index in [0.717, 1.165) is 25.2 Å². The zero-order valence-corrected chi connectivity index (χ0v) is 20.1. The number of carbonyl (C=O) groups excluding carboxylic acids is 1. The molecule has 0 aliphatic carbocycles. The molecule has 8 nitrogen and oxygen atoms in total. The number of allylic oxidation sites excluding steroid dienone is 2. The van der Waals surface area contributed by atoms with E-state index in [0.29, 0.717) is 35.1 Å². The van der Waals surface area contributed by atoms with E-state index in [4.69, 9.17) is 26.9 Å². The summed E-state index contributed by atoms with van der Waals surface area (Å²) in [6.07, 6.45) is 1.29. The highest BCUT2D eigenvalue weighted by molar-refractivity contribution is 6.43. The molecule has 2 fully saturated rings. The molecule has 0 bridgehead atoms. The summed E-state index contributed by atoms with van der Waals surface area (Å²) < 4.78 is 20.1. The zero-order valence-electron chi connectivity index (χ0n) is 19.3. The lowest BCUT2D eigenvalue weighted by Gasteiger charge is -2.21. The van der Waals surface area contributed by atoms with E-state index in [9.17, 15) is 9.18 Å². The number of aliphatic hydroxyl groups is 1. The quantitative estimate of drug-likeness (QED) is 0.570. The van der Waals surface area contributed by atoms with Crippen LogP contribution >= 0.6 is 11.6 Å². The van der Waals surface area contributed by atoms with E-state index in [1.807, 2.05) is 6.92 Å². The molecule has 0 saturated carbocycles. The van der Waals surface area contributed by atoms with Crippen molar-refractivity contribution in [3.63, 3.8) is 0 Å². The SMILES string of the molecule is CC1=N/C(=C2\CN(C(=O)c3ccc(F)cc3OC3CCN(CCCO)C3)CC2=N)NC(C)=C1Cl.